The number of amides is 1. The van der Waals surface area contributed by atoms with Crippen molar-refractivity contribution in [1.29, 1.82) is 0 Å². The Kier molecular flexibility index (Phi) is 4.70. The van der Waals surface area contributed by atoms with Crippen molar-refractivity contribution in [3.8, 4) is 0 Å². The van der Waals surface area contributed by atoms with Crippen molar-refractivity contribution in [2.24, 2.45) is 5.92 Å². The normalized spacial score (nSPS) is 18.7. The van der Waals surface area contributed by atoms with Gasteiger partial charge in [-0.3, -0.25) is 9.59 Å². The summed E-state index contributed by atoms with van der Waals surface area (Å²) in [6.45, 7) is 0. The Morgan fingerprint density at radius 2 is 1.88 bits per heavy atom. The van der Waals surface area contributed by atoms with Crippen LogP contribution in [0.25, 0.3) is 10.8 Å². The van der Waals surface area contributed by atoms with E-state index in [9.17, 15) is 19.5 Å². The van der Waals surface area contributed by atoms with Crippen LogP contribution >= 0.6 is 0 Å². The lowest BCUT2D eigenvalue weighted by Gasteiger charge is -2.27. The van der Waals surface area contributed by atoms with Crippen molar-refractivity contribution in [3.63, 3.8) is 0 Å². The van der Waals surface area contributed by atoms with Crippen LogP contribution in [0.1, 0.15) is 36.0 Å². The van der Waals surface area contributed by atoms with E-state index in [1.54, 1.807) is 12.1 Å². The second-order valence-electron chi connectivity index (χ2n) is 6.47. The summed E-state index contributed by atoms with van der Waals surface area (Å²) in [5, 5.41) is 13.8. The second-order valence-corrected chi connectivity index (χ2v) is 6.47. The number of hydrogen-bond donors (Lipinski definition) is 3. The van der Waals surface area contributed by atoms with Gasteiger partial charge in [0.05, 0.1) is 5.56 Å². The summed E-state index contributed by atoms with van der Waals surface area (Å²) in [4.78, 5) is 35.9. The average molecular weight is 340 g/mol. The van der Waals surface area contributed by atoms with Gasteiger partial charge in [-0.05, 0) is 41.7 Å². The van der Waals surface area contributed by atoms with Gasteiger partial charge in [-0.15, -0.1) is 0 Å². The van der Waals surface area contributed by atoms with Gasteiger partial charge in [-0.25, -0.2) is 4.79 Å². The molecular weight excluding hydrogens is 320 g/mol. The molecule has 6 heteroatoms. The summed E-state index contributed by atoms with van der Waals surface area (Å²) < 4.78 is 0. The quantitative estimate of drug-likeness (QED) is 0.740. The summed E-state index contributed by atoms with van der Waals surface area (Å²) in [7, 11) is 0. The van der Waals surface area contributed by atoms with Gasteiger partial charge in [0, 0.05) is 18.5 Å². The fourth-order valence-electron chi connectivity index (χ4n) is 3.40. The Labute approximate surface area is 145 Å². The molecule has 1 fully saturated rings. The van der Waals surface area contributed by atoms with E-state index in [0.717, 1.165) is 10.8 Å². The van der Waals surface area contributed by atoms with Crippen molar-refractivity contribution >= 4 is 34.1 Å². The number of anilines is 1. The zero-order valence-corrected chi connectivity index (χ0v) is 13.7. The first-order valence-corrected chi connectivity index (χ1v) is 8.29. The number of nitrogen functional groups attached to an aromatic ring is 1. The first-order valence-electron chi connectivity index (χ1n) is 8.29. The number of aliphatic carboxylic acids is 1. The molecule has 2 aromatic rings. The molecular formula is C19H20N2O4. The summed E-state index contributed by atoms with van der Waals surface area (Å²) >= 11 is 0. The molecule has 0 spiro atoms. The van der Waals surface area contributed by atoms with Gasteiger partial charge in [0.1, 0.15) is 11.8 Å². The number of carbonyl (C=O) groups excluding carboxylic acids is 2. The Bertz CT molecular complexity index is 846. The number of rotatable bonds is 4. The second kappa shape index (κ2) is 6.93. The molecule has 1 aliphatic rings. The van der Waals surface area contributed by atoms with E-state index < -0.39 is 17.9 Å². The van der Waals surface area contributed by atoms with Gasteiger partial charge < -0.3 is 16.2 Å². The van der Waals surface area contributed by atoms with Crippen molar-refractivity contribution in [3.05, 3.63) is 42.0 Å². The largest absolute Gasteiger partial charge is 0.480 e. The fourth-order valence-corrected chi connectivity index (χ4v) is 3.40. The molecule has 6 nitrogen and oxygen atoms in total. The molecule has 2 atom stereocenters. The third kappa shape index (κ3) is 3.63. The highest BCUT2D eigenvalue weighted by Crippen LogP contribution is 2.26. The number of nitrogens with two attached hydrogens (primary N) is 1. The molecule has 1 saturated carbocycles. The minimum atomic E-state index is -1.13. The molecule has 3 rings (SSSR count). The molecule has 0 bridgehead atoms. The molecule has 0 heterocycles. The first kappa shape index (κ1) is 17.0. The van der Waals surface area contributed by atoms with Gasteiger partial charge in [-0.2, -0.15) is 0 Å². The van der Waals surface area contributed by atoms with Gasteiger partial charge in [0.25, 0.3) is 5.91 Å². The maximum absolute atomic E-state index is 12.6. The minimum Gasteiger partial charge on any atom is -0.480 e. The molecule has 0 unspecified atom stereocenters. The molecule has 130 valence electrons. The molecule has 25 heavy (non-hydrogen) atoms. The lowest BCUT2D eigenvalue weighted by Crippen LogP contribution is -2.47. The number of hydrogen-bond acceptors (Lipinski definition) is 4. The molecule has 0 aliphatic heterocycles. The predicted molar refractivity (Wildman–Crippen MR) is 94.2 cm³/mol. The number of nitrogens with one attached hydrogen (secondary N) is 1. The Morgan fingerprint density at radius 3 is 2.52 bits per heavy atom. The van der Waals surface area contributed by atoms with Crippen LogP contribution in [0.3, 0.4) is 0 Å². The summed E-state index contributed by atoms with van der Waals surface area (Å²) in [5.74, 6) is -2.01. The molecule has 1 aliphatic carbocycles. The van der Waals surface area contributed by atoms with Crippen LogP contribution in [-0.4, -0.2) is 28.8 Å². The molecule has 0 radical (unpaired) electrons. The Morgan fingerprint density at radius 1 is 1.20 bits per heavy atom. The highest BCUT2D eigenvalue weighted by atomic mass is 16.4. The summed E-state index contributed by atoms with van der Waals surface area (Å²) in [6, 6.07) is 9.74. The minimum absolute atomic E-state index is 0.0435. The van der Waals surface area contributed by atoms with E-state index in [-0.39, 0.29) is 23.7 Å². The van der Waals surface area contributed by atoms with Crippen molar-refractivity contribution in [1.82, 2.24) is 5.32 Å². The summed E-state index contributed by atoms with van der Waals surface area (Å²) in [5.41, 5.74) is 6.51. The zero-order valence-electron chi connectivity index (χ0n) is 13.7. The standard InChI is InChI=1S/C19H20N2O4/c20-16-10-12-5-2-1-4-11(12)9-15(16)18(23)21-17(19(24)25)13-6-3-7-14(22)8-13/h1-2,4-5,9-10,13,17H,3,6-8,20H2,(H,21,23)(H,24,25)/t13-,17-/m0/s1. The number of benzene rings is 2. The van der Waals surface area contributed by atoms with Crippen molar-refractivity contribution in [2.75, 3.05) is 5.73 Å². The maximum Gasteiger partial charge on any atom is 0.326 e. The highest BCUT2D eigenvalue weighted by molar-refractivity contribution is 6.05. The number of ketones is 1. The van der Waals surface area contributed by atoms with E-state index in [0.29, 0.717) is 24.9 Å². The van der Waals surface area contributed by atoms with Crippen LogP contribution in [-0.2, 0) is 9.59 Å². The van der Waals surface area contributed by atoms with Crippen LogP contribution in [0.15, 0.2) is 36.4 Å². The van der Waals surface area contributed by atoms with Crippen LogP contribution in [0.5, 0.6) is 0 Å². The van der Waals surface area contributed by atoms with Crippen LogP contribution in [0.4, 0.5) is 5.69 Å². The lowest BCUT2D eigenvalue weighted by atomic mass is 9.83. The van der Waals surface area contributed by atoms with E-state index in [1.807, 2.05) is 24.3 Å². The van der Waals surface area contributed by atoms with Crippen LogP contribution in [0, 0.1) is 5.92 Å². The van der Waals surface area contributed by atoms with Gasteiger partial charge in [0.2, 0.25) is 0 Å². The Hall–Kier alpha value is -2.89. The number of carbonyl (C=O) groups is 3. The topological polar surface area (TPSA) is 109 Å². The third-order valence-electron chi connectivity index (χ3n) is 4.71. The van der Waals surface area contributed by atoms with E-state index in [2.05, 4.69) is 5.32 Å². The lowest BCUT2D eigenvalue weighted by molar-refractivity contribution is -0.141. The van der Waals surface area contributed by atoms with Gasteiger partial charge in [0.15, 0.2) is 0 Å². The predicted octanol–water partition coefficient (Wildman–Crippen LogP) is 2.36. The maximum atomic E-state index is 12.6. The molecule has 1 amide bonds. The molecule has 0 aromatic heterocycles. The number of fused-ring (bicyclic) bond motifs is 1. The number of carboxylic acid groups (broad SMARTS) is 1. The van der Waals surface area contributed by atoms with E-state index >= 15 is 0 Å². The fraction of sp³-hybridized carbons (Fsp3) is 0.316. The van der Waals surface area contributed by atoms with Crippen molar-refractivity contribution in [2.45, 2.75) is 31.7 Å². The average Bonchev–Trinajstić information content (AvgIpc) is 2.58. The van der Waals surface area contributed by atoms with Crippen LogP contribution in [0.2, 0.25) is 0 Å². The third-order valence-corrected chi connectivity index (χ3v) is 4.71. The Balaban J connectivity index is 1.85. The van der Waals surface area contributed by atoms with Gasteiger partial charge in [-0.1, -0.05) is 24.3 Å². The SMILES string of the molecule is Nc1cc2ccccc2cc1C(=O)N[C@H](C(=O)O)[C@H]1CCCC(=O)C1. The first-order chi connectivity index (χ1) is 12.0. The smallest absolute Gasteiger partial charge is 0.326 e. The monoisotopic (exact) mass is 340 g/mol. The van der Waals surface area contributed by atoms with E-state index in [4.69, 9.17) is 5.73 Å². The molecule has 0 saturated heterocycles. The van der Waals surface area contributed by atoms with Crippen molar-refractivity contribution < 1.29 is 19.5 Å². The van der Waals surface area contributed by atoms with Gasteiger partial charge >= 0.3 is 5.97 Å². The van der Waals surface area contributed by atoms with E-state index in [1.165, 1.54) is 0 Å². The van der Waals surface area contributed by atoms with Crippen LogP contribution < -0.4 is 11.1 Å². The summed E-state index contributed by atoms with van der Waals surface area (Å²) in [6.07, 6.45) is 1.93. The zero-order chi connectivity index (χ0) is 18.0. The molecule has 2 aromatic carbocycles. The highest BCUT2D eigenvalue weighted by Gasteiger charge is 2.33. The number of Topliss-reactive ketones (excluding diaryl/α,β-unsaturated/α-hetero) is 1. The number of carboxylic acids is 1. The molecule has 4 N–H and O–H groups in total.